The lowest BCUT2D eigenvalue weighted by Gasteiger charge is -2.08. The van der Waals surface area contributed by atoms with E-state index in [1.807, 2.05) is 25.1 Å². The van der Waals surface area contributed by atoms with Gasteiger partial charge in [-0.1, -0.05) is 29.8 Å². The molecule has 0 saturated carbocycles. The van der Waals surface area contributed by atoms with Crippen molar-refractivity contribution in [2.45, 2.75) is 13.0 Å². The van der Waals surface area contributed by atoms with Gasteiger partial charge in [0.1, 0.15) is 0 Å². The zero-order valence-corrected chi connectivity index (χ0v) is 6.75. The minimum Gasteiger partial charge on any atom is -0.329 e. The van der Waals surface area contributed by atoms with E-state index < -0.39 is 0 Å². The lowest BCUT2D eigenvalue weighted by atomic mass is 10.1. The largest absolute Gasteiger partial charge is 0.329 e. The molecule has 0 saturated heterocycles. The molecule has 1 atom stereocenters. The Labute approximate surface area is 67.2 Å². The van der Waals surface area contributed by atoms with Crippen LogP contribution < -0.4 is 11.5 Å². The highest BCUT2D eigenvalue weighted by atomic mass is 14.7. The minimum atomic E-state index is -0.0186. The molecule has 0 aliphatic heterocycles. The number of nitrogens with two attached hydrogens (primary N) is 2. The van der Waals surface area contributed by atoms with Crippen LogP contribution in [0.25, 0.3) is 0 Å². The van der Waals surface area contributed by atoms with Crippen molar-refractivity contribution in [3.63, 3.8) is 0 Å². The van der Waals surface area contributed by atoms with Gasteiger partial charge in [-0.2, -0.15) is 0 Å². The Kier molecular flexibility index (Phi) is 2.63. The summed E-state index contributed by atoms with van der Waals surface area (Å²) in [5.41, 5.74) is 13.5. The summed E-state index contributed by atoms with van der Waals surface area (Å²) in [4.78, 5) is 0. The van der Waals surface area contributed by atoms with Crippen LogP contribution in [0.15, 0.2) is 24.3 Å². The smallest absolute Gasteiger partial charge is 0.0419 e. The van der Waals surface area contributed by atoms with Crippen molar-refractivity contribution in [1.29, 1.82) is 0 Å². The highest BCUT2D eigenvalue weighted by molar-refractivity contribution is 5.24. The second kappa shape index (κ2) is 3.51. The van der Waals surface area contributed by atoms with Gasteiger partial charge in [-0.05, 0) is 12.5 Å². The normalized spacial score (nSPS) is 13.0. The molecule has 0 unspecified atom stereocenters. The molecule has 0 aliphatic carbocycles. The first kappa shape index (κ1) is 8.24. The van der Waals surface area contributed by atoms with Crippen molar-refractivity contribution >= 4 is 0 Å². The molecule has 11 heavy (non-hydrogen) atoms. The minimum absolute atomic E-state index is 0.0186. The van der Waals surface area contributed by atoms with Gasteiger partial charge >= 0.3 is 0 Å². The van der Waals surface area contributed by atoms with Gasteiger partial charge in [-0.3, -0.25) is 0 Å². The third-order valence-electron chi connectivity index (χ3n) is 1.72. The van der Waals surface area contributed by atoms with Gasteiger partial charge in [-0.25, -0.2) is 0 Å². The van der Waals surface area contributed by atoms with Gasteiger partial charge in [0.25, 0.3) is 0 Å². The molecule has 1 aromatic carbocycles. The second-order valence-electron chi connectivity index (χ2n) is 2.76. The molecule has 0 spiro atoms. The zero-order chi connectivity index (χ0) is 8.27. The summed E-state index contributed by atoms with van der Waals surface area (Å²) in [7, 11) is 0. The van der Waals surface area contributed by atoms with E-state index in [2.05, 4.69) is 6.07 Å². The molecule has 0 aliphatic rings. The van der Waals surface area contributed by atoms with Crippen LogP contribution in [0.4, 0.5) is 0 Å². The molecular formula is C9H14N2. The Balaban J connectivity index is 2.86. The Morgan fingerprint density at radius 3 is 2.73 bits per heavy atom. The van der Waals surface area contributed by atoms with E-state index >= 15 is 0 Å². The molecule has 1 rings (SSSR count). The van der Waals surface area contributed by atoms with Crippen LogP contribution in [0.5, 0.6) is 0 Å². The summed E-state index contributed by atoms with van der Waals surface area (Å²) in [5, 5.41) is 0. The number of rotatable bonds is 2. The number of hydrogen-bond donors (Lipinski definition) is 2. The summed E-state index contributed by atoms with van der Waals surface area (Å²) in [6.07, 6.45) is 0. The maximum absolute atomic E-state index is 5.74. The van der Waals surface area contributed by atoms with Crippen LogP contribution in [-0.4, -0.2) is 6.54 Å². The van der Waals surface area contributed by atoms with Crippen LogP contribution in [0.2, 0.25) is 0 Å². The van der Waals surface area contributed by atoms with Crippen LogP contribution in [-0.2, 0) is 0 Å². The van der Waals surface area contributed by atoms with Crippen LogP contribution in [0, 0.1) is 6.92 Å². The fourth-order valence-electron chi connectivity index (χ4n) is 1.04. The van der Waals surface area contributed by atoms with E-state index in [4.69, 9.17) is 11.5 Å². The predicted molar refractivity (Wildman–Crippen MR) is 47.2 cm³/mol. The van der Waals surface area contributed by atoms with E-state index in [1.54, 1.807) is 0 Å². The zero-order valence-electron chi connectivity index (χ0n) is 6.75. The Bertz CT molecular complexity index is 233. The number of aryl methyl sites for hydroxylation is 1. The Morgan fingerprint density at radius 2 is 2.18 bits per heavy atom. The summed E-state index contributed by atoms with van der Waals surface area (Å²) < 4.78 is 0. The Hall–Kier alpha value is -0.860. The monoisotopic (exact) mass is 150 g/mol. The summed E-state index contributed by atoms with van der Waals surface area (Å²) in [5.74, 6) is 0. The standard InChI is InChI=1S/C9H14N2/c1-7-3-2-4-8(5-7)9(11)6-10/h2-5,9H,6,10-11H2,1H3/t9-/m1/s1. The van der Waals surface area contributed by atoms with E-state index in [-0.39, 0.29) is 6.04 Å². The summed E-state index contributed by atoms with van der Waals surface area (Å²) in [6.45, 7) is 2.55. The fraction of sp³-hybridized carbons (Fsp3) is 0.333. The average Bonchev–Trinajstić information content (AvgIpc) is 2.03. The molecule has 1 aromatic rings. The van der Waals surface area contributed by atoms with Gasteiger partial charge in [0.15, 0.2) is 0 Å². The first-order chi connectivity index (χ1) is 5.24. The molecule has 2 nitrogen and oxygen atoms in total. The van der Waals surface area contributed by atoms with Crippen LogP contribution in [0.3, 0.4) is 0 Å². The Morgan fingerprint density at radius 1 is 1.45 bits per heavy atom. The van der Waals surface area contributed by atoms with Crippen molar-refractivity contribution in [3.8, 4) is 0 Å². The summed E-state index contributed by atoms with van der Waals surface area (Å²) >= 11 is 0. The molecule has 4 N–H and O–H groups in total. The maximum Gasteiger partial charge on any atom is 0.0419 e. The maximum atomic E-state index is 5.74. The molecule has 0 fully saturated rings. The van der Waals surface area contributed by atoms with Crippen LogP contribution in [0.1, 0.15) is 17.2 Å². The highest BCUT2D eigenvalue weighted by Gasteiger charge is 2.01. The SMILES string of the molecule is Cc1cccc([C@H](N)CN)c1. The van der Waals surface area contributed by atoms with E-state index in [9.17, 15) is 0 Å². The lowest BCUT2D eigenvalue weighted by Crippen LogP contribution is -2.20. The van der Waals surface area contributed by atoms with Crippen molar-refractivity contribution in [1.82, 2.24) is 0 Å². The van der Waals surface area contributed by atoms with Crippen molar-refractivity contribution in [3.05, 3.63) is 35.4 Å². The van der Waals surface area contributed by atoms with Gasteiger partial charge in [0.05, 0.1) is 0 Å². The van der Waals surface area contributed by atoms with Gasteiger partial charge < -0.3 is 11.5 Å². The second-order valence-corrected chi connectivity index (χ2v) is 2.76. The van der Waals surface area contributed by atoms with Crippen molar-refractivity contribution in [2.75, 3.05) is 6.54 Å². The topological polar surface area (TPSA) is 52.0 Å². The summed E-state index contributed by atoms with van der Waals surface area (Å²) in [6, 6.07) is 8.10. The third kappa shape index (κ3) is 2.03. The number of hydrogen-bond acceptors (Lipinski definition) is 2. The highest BCUT2D eigenvalue weighted by Crippen LogP contribution is 2.10. The van der Waals surface area contributed by atoms with Crippen LogP contribution >= 0.6 is 0 Å². The van der Waals surface area contributed by atoms with Gasteiger partial charge in [0, 0.05) is 12.6 Å². The predicted octanol–water partition coefficient (Wildman–Crippen LogP) is 0.954. The van der Waals surface area contributed by atoms with E-state index in [0.717, 1.165) is 5.56 Å². The van der Waals surface area contributed by atoms with Crippen molar-refractivity contribution in [2.24, 2.45) is 11.5 Å². The third-order valence-corrected chi connectivity index (χ3v) is 1.72. The molecule has 60 valence electrons. The molecule has 0 aromatic heterocycles. The molecule has 0 amide bonds. The number of benzene rings is 1. The quantitative estimate of drug-likeness (QED) is 0.659. The molecule has 0 heterocycles. The average molecular weight is 150 g/mol. The van der Waals surface area contributed by atoms with Gasteiger partial charge in [0.2, 0.25) is 0 Å². The first-order valence-electron chi connectivity index (χ1n) is 3.76. The first-order valence-corrected chi connectivity index (χ1v) is 3.76. The van der Waals surface area contributed by atoms with E-state index in [0.29, 0.717) is 6.54 Å². The molecular weight excluding hydrogens is 136 g/mol. The lowest BCUT2D eigenvalue weighted by molar-refractivity contribution is 0.736. The van der Waals surface area contributed by atoms with Crippen molar-refractivity contribution < 1.29 is 0 Å². The van der Waals surface area contributed by atoms with E-state index in [1.165, 1.54) is 5.56 Å². The fourth-order valence-corrected chi connectivity index (χ4v) is 1.04. The molecule has 2 heteroatoms. The van der Waals surface area contributed by atoms with Gasteiger partial charge in [-0.15, -0.1) is 0 Å². The molecule has 0 bridgehead atoms. The molecule has 0 radical (unpaired) electrons.